The van der Waals surface area contributed by atoms with E-state index in [1.807, 2.05) is 56.8 Å². The molecule has 9 nitrogen and oxygen atoms in total. The number of fused-ring (bicyclic) bond motifs is 1. The summed E-state index contributed by atoms with van der Waals surface area (Å²) in [6, 6.07) is 5.13. The van der Waals surface area contributed by atoms with Crippen LogP contribution in [0.3, 0.4) is 0 Å². The third-order valence-electron chi connectivity index (χ3n) is 7.70. The molecule has 0 saturated carbocycles. The zero-order valence-corrected chi connectivity index (χ0v) is 25.7. The molecule has 0 spiro atoms. The van der Waals surface area contributed by atoms with E-state index in [0.717, 1.165) is 48.7 Å². The van der Waals surface area contributed by atoms with Gasteiger partial charge in [-0.15, -0.1) is 0 Å². The molecule has 228 valence electrons. The predicted octanol–water partition coefficient (Wildman–Crippen LogP) is 5.35. The van der Waals surface area contributed by atoms with Crippen molar-refractivity contribution in [2.24, 2.45) is 17.3 Å². The molecule has 0 aliphatic heterocycles. The molecule has 5 N–H and O–H groups in total. The van der Waals surface area contributed by atoms with Crippen molar-refractivity contribution in [1.82, 2.24) is 20.4 Å². The summed E-state index contributed by atoms with van der Waals surface area (Å²) >= 11 is 0. The van der Waals surface area contributed by atoms with Crippen LogP contribution in [0, 0.1) is 17.3 Å². The molecule has 2 rings (SSSR count). The molecule has 2 aromatic rings. The predicted molar refractivity (Wildman–Crippen MR) is 160 cm³/mol. The highest BCUT2D eigenvalue weighted by Crippen LogP contribution is 2.34. The van der Waals surface area contributed by atoms with Crippen LogP contribution in [-0.2, 0) is 11.3 Å². The Balaban J connectivity index is 2.14. The molecule has 0 saturated heterocycles. The first-order chi connectivity index (χ1) is 18.8. The fourth-order valence-corrected chi connectivity index (χ4v) is 5.20. The fourth-order valence-electron chi connectivity index (χ4n) is 5.20. The molecule has 1 amide bonds. The Labute approximate surface area is 240 Å². The number of carboxylic acid groups (broad SMARTS) is 1. The number of nitrogens with zero attached hydrogens (tertiary/aromatic N) is 2. The minimum absolute atomic E-state index is 0.0509. The van der Waals surface area contributed by atoms with Crippen LogP contribution >= 0.6 is 0 Å². The lowest BCUT2D eigenvalue weighted by Gasteiger charge is -2.33. The van der Waals surface area contributed by atoms with E-state index in [1.165, 1.54) is 0 Å². The Bertz CT molecular complexity index is 1020. The topological polar surface area (TPSA) is 129 Å². The molecular weight excluding hydrogens is 508 g/mol. The first-order valence-electron chi connectivity index (χ1n) is 15.0. The van der Waals surface area contributed by atoms with Crippen LogP contribution in [0.15, 0.2) is 24.4 Å². The number of amides is 1. The molecule has 1 aromatic carbocycles. The summed E-state index contributed by atoms with van der Waals surface area (Å²) in [4.78, 5) is 11.6. The molecule has 4 atom stereocenters. The van der Waals surface area contributed by atoms with Gasteiger partial charge in [-0.05, 0) is 62.0 Å². The highest BCUT2D eigenvalue weighted by molar-refractivity contribution is 5.79. The molecule has 0 aliphatic rings. The van der Waals surface area contributed by atoms with E-state index in [1.54, 1.807) is 0 Å². The summed E-state index contributed by atoms with van der Waals surface area (Å²) in [7, 11) is 0. The lowest BCUT2D eigenvalue weighted by atomic mass is 9.80. The molecule has 0 bridgehead atoms. The van der Waals surface area contributed by atoms with E-state index in [4.69, 9.17) is 4.74 Å². The first-order valence-corrected chi connectivity index (χ1v) is 15.0. The van der Waals surface area contributed by atoms with Crippen molar-refractivity contribution in [1.29, 1.82) is 0 Å². The zero-order chi connectivity index (χ0) is 29.9. The summed E-state index contributed by atoms with van der Waals surface area (Å²) in [6.45, 7) is 17.0. The van der Waals surface area contributed by atoms with Crippen molar-refractivity contribution in [3.05, 3.63) is 30.0 Å². The highest BCUT2D eigenvalue weighted by atomic mass is 16.5. The first kappa shape index (κ1) is 34.0. The van der Waals surface area contributed by atoms with E-state index in [9.17, 15) is 20.1 Å². The number of nitrogens with one attached hydrogen (secondary N) is 2. The molecule has 0 aliphatic carbocycles. The smallest absolute Gasteiger partial charge is 0.404 e. The van der Waals surface area contributed by atoms with Gasteiger partial charge in [0.1, 0.15) is 0 Å². The number of hydrogen-bond donors (Lipinski definition) is 5. The number of ether oxygens (including phenoxy) is 1. The number of unbranched alkanes of at least 4 members (excludes halogenated alkanes) is 1. The third kappa shape index (κ3) is 11.0. The normalized spacial score (nSPS) is 15.5. The Morgan fingerprint density at radius 2 is 1.88 bits per heavy atom. The lowest BCUT2D eigenvalue weighted by molar-refractivity contribution is 0.0440. The monoisotopic (exact) mass is 562 g/mol. The van der Waals surface area contributed by atoms with Crippen molar-refractivity contribution in [2.75, 3.05) is 19.7 Å². The number of benzene rings is 1. The zero-order valence-electron chi connectivity index (χ0n) is 25.7. The van der Waals surface area contributed by atoms with E-state index in [2.05, 4.69) is 36.5 Å². The second kappa shape index (κ2) is 16.3. The van der Waals surface area contributed by atoms with Gasteiger partial charge >= 0.3 is 6.09 Å². The van der Waals surface area contributed by atoms with E-state index in [0.29, 0.717) is 19.6 Å². The van der Waals surface area contributed by atoms with Gasteiger partial charge in [-0.25, -0.2) is 4.79 Å². The average Bonchev–Trinajstić information content (AvgIpc) is 3.28. The van der Waals surface area contributed by atoms with Crippen molar-refractivity contribution >= 4 is 17.0 Å². The quantitative estimate of drug-likeness (QED) is 0.146. The maximum Gasteiger partial charge on any atom is 0.404 e. The summed E-state index contributed by atoms with van der Waals surface area (Å²) < 4.78 is 7.59. The number of rotatable bonds is 19. The molecule has 0 fully saturated rings. The van der Waals surface area contributed by atoms with Gasteiger partial charge in [0.15, 0.2) is 0 Å². The number of aliphatic hydroxyl groups excluding tert-OH is 2. The van der Waals surface area contributed by atoms with E-state index < -0.39 is 24.3 Å². The van der Waals surface area contributed by atoms with E-state index >= 15 is 0 Å². The van der Waals surface area contributed by atoms with Crippen LogP contribution in [0.25, 0.3) is 10.9 Å². The number of aliphatic hydroxyl groups is 2. The van der Waals surface area contributed by atoms with Crippen LogP contribution in [0.5, 0.6) is 0 Å². The number of carbonyl (C=O) groups is 1. The second-order valence-corrected chi connectivity index (χ2v) is 12.6. The Kier molecular flexibility index (Phi) is 13.9. The minimum atomic E-state index is -1.18. The van der Waals surface area contributed by atoms with Crippen LogP contribution in [0.4, 0.5) is 4.79 Å². The number of hydrogen-bond acceptors (Lipinski definition) is 6. The SMILES string of the molecule is CCCCC(C)(C)CNCC(O)[C@H](C[C@@H](C(C)C)C(O)c1ccc2cnn(CCCOC(C)C)c2c1)NC(=O)O. The maximum atomic E-state index is 11.6. The molecule has 9 heteroatoms. The van der Waals surface area contributed by atoms with Crippen LogP contribution in [-0.4, -0.2) is 69.1 Å². The van der Waals surface area contributed by atoms with Gasteiger partial charge in [-0.1, -0.05) is 59.6 Å². The summed E-state index contributed by atoms with van der Waals surface area (Å²) in [5.74, 6) is -0.226. The van der Waals surface area contributed by atoms with Crippen molar-refractivity contribution in [2.45, 2.75) is 111 Å². The molecule has 1 heterocycles. The largest absolute Gasteiger partial charge is 0.465 e. The van der Waals surface area contributed by atoms with Crippen molar-refractivity contribution < 1.29 is 24.9 Å². The third-order valence-corrected chi connectivity index (χ3v) is 7.70. The summed E-state index contributed by atoms with van der Waals surface area (Å²) in [5, 5.41) is 43.4. The van der Waals surface area contributed by atoms with Crippen LogP contribution in [0.1, 0.15) is 92.2 Å². The molecule has 0 radical (unpaired) electrons. The average molecular weight is 563 g/mol. The Morgan fingerprint density at radius 1 is 1.15 bits per heavy atom. The van der Waals surface area contributed by atoms with Crippen LogP contribution in [0.2, 0.25) is 0 Å². The van der Waals surface area contributed by atoms with Crippen molar-refractivity contribution in [3.8, 4) is 0 Å². The van der Waals surface area contributed by atoms with Gasteiger partial charge in [0, 0.05) is 31.6 Å². The standard InChI is InChI=1S/C31H54N4O5/c1-8-9-13-31(6,7)20-32-19-28(36)26(34-30(38)39)17-25(21(2)3)29(37)23-11-12-24-18-33-35(27(24)16-23)14-10-15-40-22(4)5/h11-12,16,18,21-22,25-26,28-29,32,34,36-37H,8-10,13-15,17,19-20H2,1-7H3,(H,38,39)/t25-,26-,28?,29?/m0/s1. The van der Waals surface area contributed by atoms with Gasteiger partial charge in [-0.3, -0.25) is 4.68 Å². The van der Waals surface area contributed by atoms with Gasteiger partial charge < -0.3 is 30.7 Å². The lowest BCUT2D eigenvalue weighted by Crippen LogP contribution is -2.49. The van der Waals surface area contributed by atoms with Gasteiger partial charge in [-0.2, -0.15) is 5.10 Å². The summed E-state index contributed by atoms with van der Waals surface area (Å²) in [6.07, 6.45) is 3.58. The number of aryl methyl sites for hydroxylation is 1. The molecule has 40 heavy (non-hydrogen) atoms. The molecule has 1 aromatic heterocycles. The van der Waals surface area contributed by atoms with Gasteiger partial charge in [0.2, 0.25) is 0 Å². The van der Waals surface area contributed by atoms with Gasteiger partial charge in [0.05, 0.1) is 36.1 Å². The van der Waals surface area contributed by atoms with Crippen LogP contribution < -0.4 is 10.6 Å². The fraction of sp³-hybridized carbons (Fsp3) is 0.742. The second-order valence-electron chi connectivity index (χ2n) is 12.6. The minimum Gasteiger partial charge on any atom is -0.465 e. The summed E-state index contributed by atoms with van der Waals surface area (Å²) in [5.41, 5.74) is 1.79. The molecule has 2 unspecified atom stereocenters. The molecular formula is C31H54N4O5. The Morgan fingerprint density at radius 3 is 2.50 bits per heavy atom. The maximum absolute atomic E-state index is 11.6. The number of aromatic nitrogens is 2. The van der Waals surface area contributed by atoms with E-state index in [-0.39, 0.29) is 29.9 Å². The van der Waals surface area contributed by atoms with Gasteiger partial charge in [0.25, 0.3) is 0 Å². The Hall–Kier alpha value is -2.20. The highest BCUT2D eigenvalue weighted by Gasteiger charge is 2.32. The van der Waals surface area contributed by atoms with Crippen molar-refractivity contribution in [3.63, 3.8) is 0 Å².